The molecule has 1 atom stereocenters. The maximum atomic E-state index is 5.36. The average Bonchev–Trinajstić information content (AvgIpc) is 3.61. The third-order valence-electron chi connectivity index (χ3n) is 8.48. The van der Waals surface area contributed by atoms with E-state index in [1.165, 1.54) is 54.5 Å². The number of nitrogens with two attached hydrogens (primary N) is 1. The van der Waals surface area contributed by atoms with E-state index in [9.17, 15) is 0 Å². The lowest BCUT2D eigenvalue weighted by Crippen LogP contribution is -2.06. The van der Waals surface area contributed by atoms with Crippen LogP contribution in [0.1, 0.15) is 202 Å². The fourth-order valence-electron chi connectivity index (χ4n) is 4.47. The maximum absolute atomic E-state index is 5.36. The first-order valence-electron chi connectivity index (χ1n) is 22.6. The molecule has 0 spiro atoms. The first-order chi connectivity index (χ1) is 26.1. The Morgan fingerprint density at radius 1 is 0.621 bits per heavy atom. The molecule has 0 amide bonds. The van der Waals surface area contributed by atoms with Crippen molar-refractivity contribution in [3.63, 3.8) is 0 Å². The Kier molecular flexibility index (Phi) is 52.5. The maximum Gasteiger partial charge on any atom is 0.0905 e. The number of amidine groups is 1. The number of hydrogen-bond donors (Lipinski definition) is 1. The van der Waals surface area contributed by atoms with Gasteiger partial charge in [-0.1, -0.05) is 219 Å². The van der Waals surface area contributed by atoms with Gasteiger partial charge >= 0.3 is 0 Å². The molecule has 2 aromatic rings. The van der Waals surface area contributed by atoms with Crippen LogP contribution in [0, 0.1) is 54.3 Å². The Hall–Kier alpha value is -2.68. The summed E-state index contributed by atoms with van der Waals surface area (Å²) in [6.45, 7) is 44.9. The van der Waals surface area contributed by atoms with Gasteiger partial charge in [-0.05, 0) is 104 Å². The van der Waals surface area contributed by atoms with Crippen LogP contribution >= 0.6 is 0 Å². The average molecular weight is 810 g/mol. The van der Waals surface area contributed by atoms with Gasteiger partial charge in [0.2, 0.25) is 0 Å². The summed E-state index contributed by atoms with van der Waals surface area (Å²) >= 11 is 0. The lowest BCUT2D eigenvalue weighted by molar-refractivity contribution is 0.407. The molecule has 0 fully saturated rings. The van der Waals surface area contributed by atoms with Gasteiger partial charge in [0, 0.05) is 24.9 Å². The van der Waals surface area contributed by atoms with Crippen LogP contribution in [0.15, 0.2) is 76.4 Å². The molecule has 1 heterocycles. The Balaban J connectivity index is -0.000000138. The molecule has 0 saturated carbocycles. The van der Waals surface area contributed by atoms with E-state index in [1.54, 1.807) is 0 Å². The minimum atomic E-state index is 0. The van der Waals surface area contributed by atoms with E-state index in [2.05, 4.69) is 202 Å². The van der Waals surface area contributed by atoms with Crippen molar-refractivity contribution in [3.05, 3.63) is 83.1 Å². The highest BCUT2D eigenvalue weighted by atomic mass is 14.8. The number of rotatable bonds is 13. The Labute approximate surface area is 368 Å². The standard InChI is InChI=1S/C11H16.C10H14.C8H18N2.C8H13N.C7H16.C5H12.C4H10.2CH4/c1-9(2)8-11-6-4-10(3)5-7-11;1-9(2)8-10-6-4-3-5-7-10;1-7(2)5-4-6-10-8(3)9;1-7(2)6-8-4-3-5-9-8;1-5-7(4)6(2)3;1-4-5(2)3;1-4(2)3;;/h4-7,9H,8H2,1-3H3;3-7,9H,8H2,1-2H3;7H,4-6H2,1-3H3,(H2,9,10);4-5,7H,3,6H2,1-2H3;6-7H,5H2,1-4H3;5H,4H2,1-3H3;4H,1-3H3;2*1H4. The molecule has 1 aliphatic heterocycles. The monoisotopic (exact) mass is 810 g/mol. The van der Waals surface area contributed by atoms with Gasteiger partial charge in [0.25, 0.3) is 0 Å². The second kappa shape index (κ2) is 45.4. The molecule has 0 aromatic heterocycles. The van der Waals surface area contributed by atoms with Gasteiger partial charge in [-0.3, -0.25) is 9.98 Å². The van der Waals surface area contributed by atoms with Gasteiger partial charge in [0.1, 0.15) is 0 Å². The fourth-order valence-corrected chi connectivity index (χ4v) is 4.47. The molecular formula is C55H107N3. The van der Waals surface area contributed by atoms with E-state index in [0.29, 0.717) is 5.84 Å². The van der Waals surface area contributed by atoms with E-state index in [4.69, 9.17) is 5.73 Å². The molecule has 2 N–H and O–H groups in total. The molecule has 58 heavy (non-hydrogen) atoms. The fraction of sp³-hybridized carbons (Fsp3) is 0.709. The summed E-state index contributed by atoms with van der Waals surface area (Å²) in [5.74, 6) is 7.24. The number of aliphatic imine (C=N–C) groups is 2. The van der Waals surface area contributed by atoms with Crippen LogP contribution in [0.5, 0.6) is 0 Å². The topological polar surface area (TPSA) is 50.7 Å². The zero-order chi connectivity index (χ0) is 44.1. The molecule has 1 aliphatic rings. The van der Waals surface area contributed by atoms with Crippen LogP contribution in [0.25, 0.3) is 0 Å². The third kappa shape index (κ3) is 60.0. The van der Waals surface area contributed by atoms with Crippen LogP contribution in [0.3, 0.4) is 0 Å². The minimum Gasteiger partial charge on any atom is -0.388 e. The first-order valence-corrected chi connectivity index (χ1v) is 22.6. The highest BCUT2D eigenvalue weighted by Crippen LogP contribution is 2.15. The van der Waals surface area contributed by atoms with Crippen molar-refractivity contribution in [1.29, 1.82) is 0 Å². The largest absolute Gasteiger partial charge is 0.388 e. The predicted octanol–water partition coefficient (Wildman–Crippen LogP) is 17.9. The van der Waals surface area contributed by atoms with Gasteiger partial charge in [0.15, 0.2) is 0 Å². The quantitative estimate of drug-likeness (QED) is 0.122. The molecule has 0 radical (unpaired) electrons. The van der Waals surface area contributed by atoms with Crippen LogP contribution < -0.4 is 5.73 Å². The van der Waals surface area contributed by atoms with E-state index >= 15 is 0 Å². The lowest BCUT2D eigenvalue weighted by atomic mass is 9.96. The smallest absolute Gasteiger partial charge is 0.0905 e. The summed E-state index contributed by atoms with van der Waals surface area (Å²) in [6, 6.07) is 19.4. The van der Waals surface area contributed by atoms with Crippen molar-refractivity contribution in [1.82, 2.24) is 0 Å². The van der Waals surface area contributed by atoms with Gasteiger partial charge in [-0.2, -0.15) is 0 Å². The predicted molar refractivity (Wildman–Crippen MR) is 275 cm³/mol. The minimum absolute atomic E-state index is 0. The molecule has 1 unspecified atom stereocenters. The van der Waals surface area contributed by atoms with Crippen molar-refractivity contribution in [2.45, 2.75) is 205 Å². The number of allylic oxidation sites excluding steroid dienone is 2. The van der Waals surface area contributed by atoms with Gasteiger partial charge in [-0.25, -0.2) is 0 Å². The zero-order valence-corrected chi connectivity index (χ0v) is 41.3. The summed E-state index contributed by atoms with van der Waals surface area (Å²) in [7, 11) is 0. The third-order valence-corrected chi connectivity index (χ3v) is 8.48. The molecule has 2 aromatic carbocycles. The normalized spacial score (nSPS) is 11.8. The highest BCUT2D eigenvalue weighted by Gasteiger charge is 2.02. The van der Waals surface area contributed by atoms with E-state index < -0.39 is 0 Å². The number of nitrogens with zero attached hydrogens (tertiary/aromatic N) is 2. The number of aryl methyl sites for hydroxylation is 1. The van der Waals surface area contributed by atoms with Crippen molar-refractivity contribution in [2.24, 2.45) is 63.1 Å². The first kappa shape index (κ1) is 67.1. The Bertz CT molecular complexity index is 1160. The molecule has 0 saturated heterocycles. The molecule has 0 aliphatic carbocycles. The molecule has 0 bridgehead atoms. The second-order valence-electron chi connectivity index (χ2n) is 18.7. The highest BCUT2D eigenvalue weighted by molar-refractivity contribution is 5.77. The van der Waals surface area contributed by atoms with Crippen molar-refractivity contribution >= 4 is 12.1 Å². The van der Waals surface area contributed by atoms with Crippen LogP contribution in [0.2, 0.25) is 0 Å². The molecule has 342 valence electrons. The van der Waals surface area contributed by atoms with Crippen molar-refractivity contribution in [2.75, 3.05) is 6.54 Å². The molecule has 3 rings (SSSR count). The molecular weight excluding hydrogens is 703 g/mol. The van der Waals surface area contributed by atoms with E-state index in [-0.39, 0.29) is 14.9 Å². The van der Waals surface area contributed by atoms with Crippen molar-refractivity contribution < 1.29 is 0 Å². The van der Waals surface area contributed by atoms with Gasteiger partial charge in [0.05, 0.1) is 5.84 Å². The molecule has 3 heteroatoms. The second-order valence-corrected chi connectivity index (χ2v) is 18.7. The van der Waals surface area contributed by atoms with Crippen LogP contribution in [-0.2, 0) is 12.8 Å². The Morgan fingerprint density at radius 3 is 1.34 bits per heavy atom. The molecule has 3 nitrogen and oxygen atoms in total. The summed E-state index contributed by atoms with van der Waals surface area (Å²) in [5.41, 5.74) is 10.9. The van der Waals surface area contributed by atoms with Crippen LogP contribution in [-0.4, -0.2) is 18.6 Å². The summed E-state index contributed by atoms with van der Waals surface area (Å²) in [5, 5.41) is 0. The summed E-state index contributed by atoms with van der Waals surface area (Å²) in [6.07, 6.45) is 13.8. The van der Waals surface area contributed by atoms with E-state index in [1.807, 2.05) is 13.1 Å². The summed E-state index contributed by atoms with van der Waals surface area (Å²) in [4.78, 5) is 8.30. The van der Waals surface area contributed by atoms with Crippen molar-refractivity contribution in [3.8, 4) is 0 Å². The van der Waals surface area contributed by atoms with Crippen LogP contribution in [0.4, 0.5) is 0 Å². The zero-order valence-electron chi connectivity index (χ0n) is 41.3. The van der Waals surface area contributed by atoms with E-state index in [0.717, 1.165) is 73.2 Å². The number of benzene rings is 2. The van der Waals surface area contributed by atoms with Gasteiger partial charge < -0.3 is 5.73 Å². The summed E-state index contributed by atoms with van der Waals surface area (Å²) < 4.78 is 0. The lowest BCUT2D eigenvalue weighted by Gasteiger charge is -2.10. The Morgan fingerprint density at radius 2 is 1.05 bits per heavy atom. The van der Waals surface area contributed by atoms with Gasteiger partial charge in [-0.15, -0.1) is 0 Å². The SMILES string of the molecule is C.C.CC(C)C.CC(C)CC1=CCC=N1.CC(C)Cc1ccccc1.CC(N)=NCCCC(C)C.CCC(C)C.CCC(C)C(C)C.Cc1ccc(CC(C)C)cc1. The number of hydrogen-bond acceptors (Lipinski definition) is 2.